The Morgan fingerprint density at radius 2 is 0.509 bits per heavy atom. The SMILES string of the molecule is CC/C=C\C/C=C\C/C=C\C/C=C\C/C=C\C/C=C\CCC(=O)OCC(COP(=O)(O)OCC(O)COP(=O)(O)OCC(COC(=O)CCCCCCC/C=C\CCCCCCCC)OC(=O)CCCCCCC/C=C\CCCCCCCC)OC(=O)CCCCCCCCC/C=C\C/C=C\C/C=C\CC. The van der Waals surface area contributed by atoms with Crippen molar-refractivity contribution in [3.63, 3.8) is 0 Å². The Morgan fingerprint density at radius 1 is 0.274 bits per heavy atom. The zero-order valence-electron chi connectivity index (χ0n) is 66.6. The van der Waals surface area contributed by atoms with E-state index in [0.29, 0.717) is 32.1 Å². The molecule has 0 aliphatic heterocycles. The fourth-order valence-electron chi connectivity index (χ4n) is 10.8. The summed E-state index contributed by atoms with van der Waals surface area (Å²) >= 11 is 0. The number of ether oxygens (including phenoxy) is 4. The molecule has 3 N–H and O–H groups in total. The maximum atomic E-state index is 13.1. The van der Waals surface area contributed by atoms with E-state index in [0.717, 1.165) is 173 Å². The maximum Gasteiger partial charge on any atom is 0.472 e. The molecule has 0 bridgehead atoms. The van der Waals surface area contributed by atoms with Gasteiger partial charge in [-0.3, -0.25) is 37.3 Å². The standard InChI is InChI=1S/C87H148O17P2/c1-5-9-13-17-21-25-29-33-37-39-40-42-45-48-52-56-60-64-68-72-85(90)98-78-83(104-87(92)74-70-66-62-58-54-50-46-41-38-34-30-26-22-18-14-10-6-2)80-102-106(95,96)100-76-81(88)75-99-105(93,94)101-79-82(103-86(91)73-69-65-61-57-53-49-44-36-32-28-24-20-16-12-8-4)77-97-84(89)71-67-63-59-55-51-47-43-35-31-27-23-19-15-11-7-3/h9-10,13-14,21-22,25-26,33-38,40,42-44,48,52,60,64,81-83,88H,5-8,11-12,15-20,23-24,27-32,39,41,45-47,49-51,53-59,61-63,65-80H2,1-4H3,(H,93,94)(H,95,96)/b13-9-,14-10-,25-21-,26-22-,37-33-,38-34-,42-40-,43-35-,44-36-,52-48-,64-60-. The first kappa shape index (κ1) is 101. The summed E-state index contributed by atoms with van der Waals surface area (Å²) in [6.45, 7) is 4.56. The molecule has 0 aromatic carbocycles. The van der Waals surface area contributed by atoms with Crippen molar-refractivity contribution in [2.24, 2.45) is 0 Å². The van der Waals surface area contributed by atoms with Gasteiger partial charge in [0.25, 0.3) is 0 Å². The molecule has 0 saturated carbocycles. The minimum absolute atomic E-state index is 0.0307. The van der Waals surface area contributed by atoms with Gasteiger partial charge in [-0.15, -0.1) is 0 Å². The largest absolute Gasteiger partial charge is 0.472 e. The number of phosphoric ester groups is 2. The molecule has 106 heavy (non-hydrogen) atoms. The monoisotopic (exact) mass is 1530 g/mol. The van der Waals surface area contributed by atoms with Crippen LogP contribution in [-0.2, 0) is 65.4 Å². The number of rotatable bonds is 77. The van der Waals surface area contributed by atoms with Crippen LogP contribution in [0.2, 0.25) is 0 Å². The Hall–Kier alpha value is -4.80. The second-order valence-electron chi connectivity index (χ2n) is 27.3. The quantitative estimate of drug-likeness (QED) is 0.0169. The summed E-state index contributed by atoms with van der Waals surface area (Å²) in [5.74, 6) is -2.29. The van der Waals surface area contributed by atoms with Gasteiger partial charge in [0, 0.05) is 25.7 Å². The smallest absolute Gasteiger partial charge is 0.462 e. The van der Waals surface area contributed by atoms with Crippen LogP contribution in [0.1, 0.15) is 336 Å². The summed E-state index contributed by atoms with van der Waals surface area (Å²) in [5, 5.41) is 10.7. The maximum absolute atomic E-state index is 13.1. The second-order valence-corrected chi connectivity index (χ2v) is 30.2. The third kappa shape index (κ3) is 77.4. The minimum Gasteiger partial charge on any atom is -0.462 e. The third-order valence-corrected chi connectivity index (χ3v) is 19.0. The molecule has 608 valence electrons. The highest BCUT2D eigenvalue weighted by Gasteiger charge is 2.30. The molecular weight excluding hydrogens is 1380 g/mol. The van der Waals surface area contributed by atoms with Gasteiger partial charge in [-0.25, -0.2) is 9.13 Å². The van der Waals surface area contributed by atoms with Crippen LogP contribution in [0.5, 0.6) is 0 Å². The number of carbonyl (C=O) groups excluding carboxylic acids is 4. The number of unbranched alkanes of at least 4 members (excludes halogenated alkanes) is 29. The van der Waals surface area contributed by atoms with E-state index in [1.807, 2.05) is 18.2 Å². The molecule has 0 rings (SSSR count). The Kier molecular flexibility index (Phi) is 74.8. The molecule has 0 heterocycles. The van der Waals surface area contributed by atoms with E-state index < -0.39 is 97.5 Å². The van der Waals surface area contributed by atoms with Crippen LogP contribution in [-0.4, -0.2) is 96.7 Å². The first-order chi connectivity index (χ1) is 51.7. The number of allylic oxidation sites excluding steroid dienone is 22. The van der Waals surface area contributed by atoms with Gasteiger partial charge >= 0.3 is 39.5 Å². The lowest BCUT2D eigenvalue weighted by Gasteiger charge is -2.21. The number of hydrogen-bond donors (Lipinski definition) is 3. The molecule has 19 heteroatoms. The Balaban J connectivity index is 5.45. The molecule has 0 aliphatic rings. The predicted octanol–water partition coefficient (Wildman–Crippen LogP) is 24.4. The van der Waals surface area contributed by atoms with E-state index in [2.05, 4.69) is 143 Å². The molecule has 0 aromatic rings. The fraction of sp³-hybridized carbons (Fsp3) is 0.701. The van der Waals surface area contributed by atoms with Gasteiger partial charge in [-0.2, -0.15) is 0 Å². The molecule has 0 aliphatic carbocycles. The van der Waals surface area contributed by atoms with Crippen LogP contribution < -0.4 is 0 Å². The molecule has 0 spiro atoms. The van der Waals surface area contributed by atoms with Gasteiger partial charge in [0.15, 0.2) is 12.2 Å². The van der Waals surface area contributed by atoms with E-state index in [1.165, 1.54) is 77.0 Å². The van der Waals surface area contributed by atoms with Crippen LogP contribution in [0, 0.1) is 0 Å². The van der Waals surface area contributed by atoms with Crippen molar-refractivity contribution in [2.75, 3.05) is 39.6 Å². The number of phosphoric acid groups is 2. The zero-order chi connectivity index (χ0) is 77.4. The normalized spacial score (nSPS) is 14.5. The average molecular weight is 1530 g/mol. The number of aliphatic hydroxyl groups excluding tert-OH is 1. The average Bonchev–Trinajstić information content (AvgIpc) is 0.902. The van der Waals surface area contributed by atoms with Gasteiger partial charge in [0.1, 0.15) is 19.3 Å². The van der Waals surface area contributed by atoms with Crippen LogP contribution in [0.4, 0.5) is 0 Å². The number of carbonyl (C=O) groups is 4. The predicted molar refractivity (Wildman–Crippen MR) is 436 cm³/mol. The van der Waals surface area contributed by atoms with Crippen molar-refractivity contribution < 1.29 is 80.2 Å². The van der Waals surface area contributed by atoms with Crippen LogP contribution in [0.3, 0.4) is 0 Å². The summed E-state index contributed by atoms with van der Waals surface area (Å²) in [6, 6.07) is 0. The lowest BCUT2D eigenvalue weighted by molar-refractivity contribution is -0.161. The van der Waals surface area contributed by atoms with Crippen molar-refractivity contribution in [1.82, 2.24) is 0 Å². The zero-order valence-corrected chi connectivity index (χ0v) is 68.4. The summed E-state index contributed by atoms with van der Waals surface area (Å²) in [5.41, 5.74) is 0. The van der Waals surface area contributed by atoms with Crippen LogP contribution in [0.25, 0.3) is 0 Å². The lowest BCUT2D eigenvalue weighted by Crippen LogP contribution is -2.30. The van der Waals surface area contributed by atoms with E-state index in [-0.39, 0.29) is 25.7 Å². The Morgan fingerprint density at radius 3 is 0.821 bits per heavy atom. The lowest BCUT2D eigenvalue weighted by atomic mass is 10.1. The van der Waals surface area contributed by atoms with Gasteiger partial charge < -0.3 is 33.8 Å². The molecule has 5 atom stereocenters. The second kappa shape index (κ2) is 78.3. The Labute approximate surface area is 644 Å². The van der Waals surface area contributed by atoms with E-state index in [9.17, 15) is 43.2 Å². The van der Waals surface area contributed by atoms with Crippen molar-refractivity contribution in [2.45, 2.75) is 354 Å². The number of esters is 4. The van der Waals surface area contributed by atoms with Crippen LogP contribution >= 0.6 is 15.6 Å². The fourth-order valence-corrected chi connectivity index (χ4v) is 12.4. The van der Waals surface area contributed by atoms with Crippen molar-refractivity contribution in [1.29, 1.82) is 0 Å². The van der Waals surface area contributed by atoms with E-state index >= 15 is 0 Å². The summed E-state index contributed by atoms with van der Waals surface area (Å²) < 4.78 is 68.6. The molecule has 0 saturated heterocycles. The topological polar surface area (TPSA) is 237 Å². The number of hydrogen-bond acceptors (Lipinski definition) is 15. The Bertz CT molecular complexity index is 2530. The molecule has 5 unspecified atom stereocenters. The van der Waals surface area contributed by atoms with Gasteiger partial charge in [-0.05, 0) is 148 Å². The molecule has 17 nitrogen and oxygen atoms in total. The highest BCUT2D eigenvalue weighted by Crippen LogP contribution is 2.45. The molecule has 0 radical (unpaired) electrons. The summed E-state index contributed by atoms with van der Waals surface area (Å²) in [6.07, 6.45) is 88.6. The molecule has 0 amide bonds. The first-order valence-corrected chi connectivity index (χ1v) is 44.4. The van der Waals surface area contributed by atoms with E-state index in [4.69, 9.17) is 37.0 Å². The van der Waals surface area contributed by atoms with Gasteiger partial charge in [0.2, 0.25) is 0 Å². The third-order valence-electron chi connectivity index (χ3n) is 17.1. The number of aliphatic hydroxyl groups is 1. The van der Waals surface area contributed by atoms with Crippen LogP contribution in [0.15, 0.2) is 134 Å². The summed E-state index contributed by atoms with van der Waals surface area (Å²) in [7, 11) is -9.99. The minimum atomic E-state index is -5.00. The molecule has 0 aromatic heterocycles. The van der Waals surface area contributed by atoms with E-state index in [1.54, 1.807) is 0 Å². The summed E-state index contributed by atoms with van der Waals surface area (Å²) in [4.78, 5) is 73.1. The van der Waals surface area contributed by atoms with Gasteiger partial charge in [-0.1, -0.05) is 296 Å². The van der Waals surface area contributed by atoms with Gasteiger partial charge in [0.05, 0.1) is 26.4 Å². The molecule has 0 fully saturated rings. The van der Waals surface area contributed by atoms with Crippen molar-refractivity contribution in [3.05, 3.63) is 134 Å². The van der Waals surface area contributed by atoms with Crippen molar-refractivity contribution >= 4 is 39.5 Å². The van der Waals surface area contributed by atoms with Crippen molar-refractivity contribution in [3.8, 4) is 0 Å². The highest BCUT2D eigenvalue weighted by molar-refractivity contribution is 7.47. The highest BCUT2D eigenvalue weighted by atomic mass is 31.2. The first-order valence-electron chi connectivity index (χ1n) is 41.4. The molecular formula is C87H148O17P2.